The smallest absolute Gasteiger partial charge is 0.405 e. The first-order valence-corrected chi connectivity index (χ1v) is 7.76. The van der Waals surface area contributed by atoms with E-state index in [4.69, 9.17) is 16.3 Å². The van der Waals surface area contributed by atoms with Gasteiger partial charge in [0.05, 0.1) is 5.02 Å². The van der Waals surface area contributed by atoms with Crippen molar-refractivity contribution in [2.75, 3.05) is 11.9 Å². The average molecular weight is 373 g/mol. The minimum Gasteiger partial charge on any atom is -0.456 e. The molecule has 1 atom stereocenters. The van der Waals surface area contributed by atoms with Crippen LogP contribution in [0.15, 0.2) is 48.5 Å². The fourth-order valence-corrected chi connectivity index (χ4v) is 2.10. The van der Waals surface area contributed by atoms with Crippen molar-refractivity contribution >= 4 is 23.2 Å². The molecule has 0 spiro atoms. The van der Waals surface area contributed by atoms with Gasteiger partial charge in [-0.2, -0.15) is 13.2 Å². The number of para-hydroxylation sites is 1. The number of carbonyl (C=O) groups is 1. The Bertz CT molecular complexity index is 721. The summed E-state index contributed by atoms with van der Waals surface area (Å²) in [6.07, 6.45) is -4.44. The summed E-state index contributed by atoms with van der Waals surface area (Å²) in [5.41, 5.74) is 0.571. The molecule has 0 saturated heterocycles. The Kier molecular flexibility index (Phi) is 6.14. The van der Waals surface area contributed by atoms with Gasteiger partial charge in [0.2, 0.25) is 5.91 Å². The lowest BCUT2D eigenvalue weighted by atomic mass is 10.2. The van der Waals surface area contributed by atoms with Crippen LogP contribution in [0.1, 0.15) is 6.92 Å². The molecule has 2 N–H and O–H groups in total. The fraction of sp³-hybridized carbons (Fsp3) is 0.235. The highest BCUT2D eigenvalue weighted by molar-refractivity contribution is 6.32. The number of amides is 1. The molecule has 0 aromatic heterocycles. The zero-order valence-electron chi connectivity index (χ0n) is 13.2. The highest BCUT2D eigenvalue weighted by Gasteiger charge is 2.28. The summed E-state index contributed by atoms with van der Waals surface area (Å²) >= 11 is 6.01. The Balaban J connectivity index is 1.91. The topological polar surface area (TPSA) is 50.4 Å². The summed E-state index contributed by atoms with van der Waals surface area (Å²) in [7, 11) is 0. The number of rotatable bonds is 6. The maximum absolute atomic E-state index is 12.1. The predicted molar refractivity (Wildman–Crippen MR) is 90.1 cm³/mol. The summed E-state index contributed by atoms with van der Waals surface area (Å²) in [5.74, 6) is 0.298. The Morgan fingerprint density at radius 1 is 1.16 bits per heavy atom. The standard InChI is InChI=1S/C17H16ClF3N2O2/c1-11(16(24)22-10-17(19,20)21)23-12-6-8-13(9-7-12)25-15-5-3-2-4-14(15)18/h2-9,11,23H,10H2,1H3,(H,22,24). The van der Waals surface area contributed by atoms with Gasteiger partial charge in [-0.25, -0.2) is 0 Å². The second-order valence-corrected chi connectivity index (χ2v) is 5.66. The number of hydrogen-bond acceptors (Lipinski definition) is 3. The SMILES string of the molecule is CC(Nc1ccc(Oc2ccccc2Cl)cc1)C(=O)NCC(F)(F)F. The van der Waals surface area contributed by atoms with E-state index >= 15 is 0 Å². The predicted octanol–water partition coefficient (Wildman–Crippen LogP) is 4.61. The fourth-order valence-electron chi connectivity index (χ4n) is 1.93. The van der Waals surface area contributed by atoms with Crippen molar-refractivity contribution in [1.29, 1.82) is 0 Å². The quantitative estimate of drug-likeness (QED) is 0.778. The van der Waals surface area contributed by atoms with Crippen molar-refractivity contribution in [3.63, 3.8) is 0 Å². The van der Waals surface area contributed by atoms with E-state index < -0.39 is 24.7 Å². The number of nitrogens with one attached hydrogen (secondary N) is 2. The second-order valence-electron chi connectivity index (χ2n) is 5.26. The Morgan fingerprint density at radius 2 is 1.80 bits per heavy atom. The van der Waals surface area contributed by atoms with Gasteiger partial charge < -0.3 is 15.4 Å². The van der Waals surface area contributed by atoms with Gasteiger partial charge in [-0.3, -0.25) is 4.79 Å². The van der Waals surface area contributed by atoms with Crippen LogP contribution in [0, 0.1) is 0 Å². The van der Waals surface area contributed by atoms with Gasteiger partial charge in [-0.1, -0.05) is 23.7 Å². The molecule has 0 aliphatic rings. The van der Waals surface area contributed by atoms with Crippen molar-refractivity contribution < 1.29 is 22.7 Å². The number of benzene rings is 2. The lowest BCUT2D eigenvalue weighted by molar-refractivity contribution is -0.138. The van der Waals surface area contributed by atoms with E-state index in [0.717, 1.165) is 0 Å². The maximum atomic E-state index is 12.1. The highest BCUT2D eigenvalue weighted by Crippen LogP contribution is 2.29. The highest BCUT2D eigenvalue weighted by atomic mass is 35.5. The third kappa shape index (κ3) is 6.19. The molecule has 2 aromatic carbocycles. The number of carbonyl (C=O) groups excluding carboxylic acids is 1. The van der Waals surface area contributed by atoms with Crippen molar-refractivity contribution in [2.45, 2.75) is 19.1 Å². The lowest BCUT2D eigenvalue weighted by Gasteiger charge is -2.16. The molecule has 0 aliphatic carbocycles. The molecule has 0 radical (unpaired) electrons. The first-order valence-electron chi connectivity index (χ1n) is 7.38. The lowest BCUT2D eigenvalue weighted by Crippen LogP contribution is -2.42. The van der Waals surface area contributed by atoms with Gasteiger partial charge in [0.1, 0.15) is 24.1 Å². The molecule has 0 saturated carbocycles. The molecule has 0 heterocycles. The summed E-state index contributed by atoms with van der Waals surface area (Å²) in [6.45, 7) is 0.113. The van der Waals surface area contributed by atoms with Crippen molar-refractivity contribution in [3.8, 4) is 11.5 Å². The molecular weight excluding hydrogens is 357 g/mol. The van der Waals surface area contributed by atoms with E-state index in [2.05, 4.69) is 5.32 Å². The third-order valence-electron chi connectivity index (χ3n) is 3.16. The zero-order valence-corrected chi connectivity index (χ0v) is 14.0. The maximum Gasteiger partial charge on any atom is 0.405 e. The van der Waals surface area contributed by atoms with E-state index in [1.54, 1.807) is 48.5 Å². The number of anilines is 1. The Hall–Kier alpha value is -2.41. The molecule has 134 valence electrons. The third-order valence-corrected chi connectivity index (χ3v) is 3.47. The van der Waals surface area contributed by atoms with Gasteiger partial charge in [0, 0.05) is 5.69 Å². The van der Waals surface area contributed by atoms with Crippen LogP contribution >= 0.6 is 11.6 Å². The van der Waals surface area contributed by atoms with Gasteiger partial charge >= 0.3 is 6.18 Å². The van der Waals surface area contributed by atoms with Gasteiger partial charge in [-0.15, -0.1) is 0 Å². The van der Waals surface area contributed by atoms with Crippen LogP contribution in [-0.4, -0.2) is 24.7 Å². The monoisotopic (exact) mass is 372 g/mol. The molecular formula is C17H16ClF3N2O2. The zero-order chi connectivity index (χ0) is 18.4. The molecule has 8 heteroatoms. The normalized spacial score (nSPS) is 12.4. The summed E-state index contributed by atoms with van der Waals surface area (Å²) < 4.78 is 41.9. The molecule has 1 unspecified atom stereocenters. The number of halogens is 4. The number of alkyl halides is 3. The molecule has 25 heavy (non-hydrogen) atoms. The van der Waals surface area contributed by atoms with E-state index in [1.807, 2.05) is 5.32 Å². The van der Waals surface area contributed by atoms with Gasteiger partial charge in [0.25, 0.3) is 0 Å². The van der Waals surface area contributed by atoms with Crippen LogP contribution in [0.2, 0.25) is 5.02 Å². The van der Waals surface area contributed by atoms with Crippen LogP contribution in [0.4, 0.5) is 18.9 Å². The minimum absolute atomic E-state index is 0.472. The minimum atomic E-state index is -4.44. The molecule has 0 bridgehead atoms. The van der Waals surface area contributed by atoms with Crippen molar-refractivity contribution in [1.82, 2.24) is 5.32 Å². The van der Waals surface area contributed by atoms with E-state index in [1.165, 1.54) is 6.92 Å². The molecule has 2 aromatic rings. The summed E-state index contributed by atoms with van der Waals surface area (Å²) in [4.78, 5) is 11.6. The van der Waals surface area contributed by atoms with Gasteiger partial charge in [0.15, 0.2) is 0 Å². The van der Waals surface area contributed by atoms with Crippen LogP contribution in [-0.2, 0) is 4.79 Å². The van der Waals surface area contributed by atoms with E-state index in [9.17, 15) is 18.0 Å². The van der Waals surface area contributed by atoms with Crippen LogP contribution in [0.5, 0.6) is 11.5 Å². The molecule has 4 nitrogen and oxygen atoms in total. The van der Waals surface area contributed by atoms with E-state index in [-0.39, 0.29) is 0 Å². The summed E-state index contributed by atoms with van der Waals surface area (Å²) in [5, 5.41) is 5.12. The van der Waals surface area contributed by atoms with Crippen LogP contribution < -0.4 is 15.4 Å². The van der Waals surface area contributed by atoms with Crippen molar-refractivity contribution in [3.05, 3.63) is 53.6 Å². The average Bonchev–Trinajstić information content (AvgIpc) is 2.55. The molecule has 1 amide bonds. The first kappa shape index (κ1) is 18.9. The molecule has 2 rings (SSSR count). The van der Waals surface area contributed by atoms with Crippen LogP contribution in [0.3, 0.4) is 0 Å². The Labute approximate surface area is 147 Å². The number of ether oxygens (including phenoxy) is 1. The molecule has 0 fully saturated rings. The largest absolute Gasteiger partial charge is 0.456 e. The first-order chi connectivity index (χ1) is 11.7. The van der Waals surface area contributed by atoms with Crippen LogP contribution in [0.25, 0.3) is 0 Å². The van der Waals surface area contributed by atoms with Gasteiger partial charge in [-0.05, 0) is 43.3 Å². The second kappa shape index (κ2) is 8.11. The van der Waals surface area contributed by atoms with E-state index in [0.29, 0.717) is 22.2 Å². The summed E-state index contributed by atoms with van der Waals surface area (Å²) in [6, 6.07) is 12.8. The molecule has 0 aliphatic heterocycles. The number of hydrogen-bond donors (Lipinski definition) is 2. The van der Waals surface area contributed by atoms with Crippen molar-refractivity contribution in [2.24, 2.45) is 0 Å². The Morgan fingerprint density at radius 3 is 2.40 bits per heavy atom.